The van der Waals surface area contributed by atoms with Gasteiger partial charge in [0.15, 0.2) is 5.75 Å². The number of carboxylic acid groups (broad SMARTS) is 1. The molecule has 0 saturated heterocycles. The maximum absolute atomic E-state index is 11.6. The first-order valence-corrected chi connectivity index (χ1v) is 7.05. The molecule has 1 unspecified atom stereocenters. The van der Waals surface area contributed by atoms with E-state index < -0.39 is 11.9 Å². The Labute approximate surface area is 128 Å². The third kappa shape index (κ3) is 2.89. The number of ether oxygens (including phenoxy) is 1. The summed E-state index contributed by atoms with van der Waals surface area (Å²) < 4.78 is 5.10. The number of para-hydroxylation sites is 1. The molecule has 114 valence electrons. The first-order valence-electron chi connectivity index (χ1n) is 7.05. The third-order valence-corrected chi connectivity index (χ3v) is 3.75. The van der Waals surface area contributed by atoms with Crippen molar-refractivity contribution in [1.29, 1.82) is 0 Å². The van der Waals surface area contributed by atoms with Crippen molar-refractivity contribution in [2.75, 3.05) is 13.7 Å². The molecule has 22 heavy (non-hydrogen) atoms. The Bertz CT molecular complexity index is 644. The summed E-state index contributed by atoms with van der Waals surface area (Å²) in [4.78, 5) is 17.3. The molecule has 1 N–H and O–H groups in total. The molecule has 0 saturated carbocycles. The van der Waals surface area contributed by atoms with Crippen molar-refractivity contribution in [1.82, 2.24) is 5.06 Å². The summed E-state index contributed by atoms with van der Waals surface area (Å²) in [5.41, 5.74) is 1.80. The highest BCUT2D eigenvalue weighted by Crippen LogP contribution is 2.30. The number of benzene rings is 2. The van der Waals surface area contributed by atoms with Gasteiger partial charge in [0, 0.05) is 5.56 Å². The number of nitrogens with zero attached hydrogens (tertiary/aromatic N) is 1. The minimum Gasteiger partial charge on any atom is -0.497 e. The van der Waals surface area contributed by atoms with Crippen LogP contribution in [0.1, 0.15) is 17.0 Å². The number of methoxy groups -OCH3 is 1. The van der Waals surface area contributed by atoms with Crippen molar-refractivity contribution >= 4 is 5.97 Å². The average molecular weight is 299 g/mol. The van der Waals surface area contributed by atoms with E-state index in [1.165, 1.54) is 0 Å². The van der Waals surface area contributed by atoms with E-state index in [4.69, 9.17) is 9.57 Å². The van der Waals surface area contributed by atoms with E-state index in [9.17, 15) is 9.90 Å². The molecule has 5 heteroatoms. The SMILES string of the molecule is COc1ccc(C(CN2Cc3ccccc3O2)C(=O)O)cc1. The Hall–Kier alpha value is -2.53. The molecular formula is C17H17NO4. The Balaban J connectivity index is 1.74. The van der Waals surface area contributed by atoms with Crippen molar-refractivity contribution in [2.45, 2.75) is 12.5 Å². The normalized spacial score (nSPS) is 15.0. The largest absolute Gasteiger partial charge is 0.497 e. The van der Waals surface area contributed by atoms with Gasteiger partial charge in [-0.1, -0.05) is 30.3 Å². The second kappa shape index (κ2) is 6.07. The van der Waals surface area contributed by atoms with Gasteiger partial charge in [-0.05, 0) is 23.8 Å². The van der Waals surface area contributed by atoms with Crippen molar-refractivity contribution < 1.29 is 19.5 Å². The predicted octanol–water partition coefficient (Wildman–Crippen LogP) is 2.67. The van der Waals surface area contributed by atoms with Crippen molar-refractivity contribution in [3.8, 4) is 11.5 Å². The smallest absolute Gasteiger partial charge is 0.312 e. The van der Waals surface area contributed by atoms with Crippen LogP contribution < -0.4 is 9.57 Å². The summed E-state index contributed by atoms with van der Waals surface area (Å²) in [6.07, 6.45) is 0. The summed E-state index contributed by atoms with van der Waals surface area (Å²) in [6.45, 7) is 0.881. The van der Waals surface area contributed by atoms with Gasteiger partial charge in [-0.25, -0.2) is 0 Å². The van der Waals surface area contributed by atoms with Gasteiger partial charge in [-0.2, -0.15) is 0 Å². The van der Waals surface area contributed by atoms with Gasteiger partial charge in [0.2, 0.25) is 0 Å². The summed E-state index contributed by atoms with van der Waals surface area (Å²) >= 11 is 0. The van der Waals surface area contributed by atoms with Crippen LogP contribution in [-0.4, -0.2) is 29.8 Å². The van der Waals surface area contributed by atoms with Gasteiger partial charge in [-0.3, -0.25) is 4.79 Å². The molecule has 0 bridgehead atoms. The first kappa shape index (κ1) is 14.4. The zero-order chi connectivity index (χ0) is 15.5. The number of hydrogen-bond acceptors (Lipinski definition) is 4. The summed E-state index contributed by atoms with van der Waals surface area (Å²) in [5.74, 6) is -0.0240. The van der Waals surface area contributed by atoms with E-state index in [1.54, 1.807) is 36.4 Å². The molecule has 1 atom stereocenters. The molecule has 5 nitrogen and oxygen atoms in total. The van der Waals surface area contributed by atoms with Crippen molar-refractivity contribution in [3.63, 3.8) is 0 Å². The van der Waals surface area contributed by atoms with E-state index >= 15 is 0 Å². The van der Waals surface area contributed by atoms with Gasteiger partial charge in [-0.15, -0.1) is 5.06 Å². The fraction of sp³-hybridized carbons (Fsp3) is 0.235. The maximum atomic E-state index is 11.6. The molecule has 3 rings (SSSR count). The molecule has 0 radical (unpaired) electrons. The van der Waals surface area contributed by atoms with Gasteiger partial charge in [0.05, 0.1) is 26.1 Å². The molecule has 2 aromatic rings. The number of carbonyl (C=O) groups is 1. The average Bonchev–Trinajstić information content (AvgIpc) is 2.95. The second-order valence-electron chi connectivity index (χ2n) is 5.19. The summed E-state index contributed by atoms with van der Waals surface area (Å²) in [7, 11) is 1.58. The quantitative estimate of drug-likeness (QED) is 0.920. The molecule has 1 aliphatic heterocycles. The lowest BCUT2D eigenvalue weighted by Crippen LogP contribution is -2.30. The van der Waals surface area contributed by atoms with Gasteiger partial charge in [0.1, 0.15) is 5.75 Å². The van der Waals surface area contributed by atoms with Crippen LogP contribution in [0.5, 0.6) is 11.5 Å². The molecule has 0 fully saturated rings. The number of carboxylic acids is 1. The van der Waals surface area contributed by atoms with Gasteiger partial charge < -0.3 is 14.7 Å². The zero-order valence-electron chi connectivity index (χ0n) is 12.2. The van der Waals surface area contributed by atoms with Gasteiger partial charge >= 0.3 is 5.97 Å². The van der Waals surface area contributed by atoms with Crippen molar-refractivity contribution in [2.24, 2.45) is 0 Å². The van der Waals surface area contributed by atoms with E-state index in [0.29, 0.717) is 12.3 Å². The molecule has 0 aromatic heterocycles. The number of rotatable bonds is 5. The second-order valence-corrected chi connectivity index (χ2v) is 5.19. The summed E-state index contributed by atoms with van der Waals surface area (Å²) in [6, 6.07) is 14.8. The van der Waals surface area contributed by atoms with Crippen LogP contribution in [0.25, 0.3) is 0 Å². The minimum atomic E-state index is -0.871. The molecule has 0 spiro atoms. The van der Waals surface area contributed by atoms with E-state index in [-0.39, 0.29) is 6.54 Å². The number of hydroxylamine groups is 2. The van der Waals surface area contributed by atoms with Crippen LogP contribution in [0.15, 0.2) is 48.5 Å². The monoisotopic (exact) mass is 299 g/mol. The number of fused-ring (bicyclic) bond motifs is 1. The Kier molecular flexibility index (Phi) is 3.98. The van der Waals surface area contributed by atoms with Crippen LogP contribution in [0, 0.1) is 0 Å². The van der Waals surface area contributed by atoms with Crippen LogP contribution in [0.4, 0.5) is 0 Å². The fourth-order valence-electron chi connectivity index (χ4n) is 2.55. The zero-order valence-corrected chi connectivity index (χ0v) is 12.2. The number of aliphatic carboxylic acids is 1. The molecule has 1 heterocycles. The van der Waals surface area contributed by atoms with E-state index in [0.717, 1.165) is 16.9 Å². The van der Waals surface area contributed by atoms with Crippen LogP contribution in [0.3, 0.4) is 0 Å². The van der Waals surface area contributed by atoms with E-state index in [2.05, 4.69) is 0 Å². The lowest BCUT2D eigenvalue weighted by molar-refractivity contribution is -0.142. The van der Waals surface area contributed by atoms with Gasteiger partial charge in [0.25, 0.3) is 0 Å². The standard InChI is InChI=1S/C17H17NO4/c1-21-14-8-6-12(7-9-14)15(17(19)20)11-18-10-13-4-2-3-5-16(13)22-18/h2-9,15H,10-11H2,1H3,(H,19,20). The maximum Gasteiger partial charge on any atom is 0.312 e. The Morgan fingerprint density at radius 2 is 2.00 bits per heavy atom. The lowest BCUT2D eigenvalue weighted by atomic mass is 9.99. The predicted molar refractivity (Wildman–Crippen MR) is 80.9 cm³/mol. The topological polar surface area (TPSA) is 59.0 Å². The van der Waals surface area contributed by atoms with Crippen LogP contribution in [-0.2, 0) is 11.3 Å². The lowest BCUT2D eigenvalue weighted by Gasteiger charge is -2.20. The summed E-state index contributed by atoms with van der Waals surface area (Å²) in [5, 5.41) is 11.2. The molecule has 1 aliphatic rings. The Morgan fingerprint density at radius 1 is 1.27 bits per heavy atom. The highest BCUT2D eigenvalue weighted by atomic mass is 16.7. The minimum absolute atomic E-state index is 0.288. The number of hydrogen-bond donors (Lipinski definition) is 1. The molecule has 0 aliphatic carbocycles. The highest BCUT2D eigenvalue weighted by Gasteiger charge is 2.28. The Morgan fingerprint density at radius 3 is 2.64 bits per heavy atom. The molecule has 2 aromatic carbocycles. The molecule has 0 amide bonds. The first-order chi connectivity index (χ1) is 10.7. The van der Waals surface area contributed by atoms with Crippen LogP contribution >= 0.6 is 0 Å². The molecular weight excluding hydrogens is 282 g/mol. The third-order valence-electron chi connectivity index (χ3n) is 3.75. The highest BCUT2D eigenvalue weighted by molar-refractivity contribution is 5.76. The van der Waals surface area contributed by atoms with Crippen LogP contribution in [0.2, 0.25) is 0 Å². The fourth-order valence-corrected chi connectivity index (χ4v) is 2.55. The van der Waals surface area contributed by atoms with Crippen molar-refractivity contribution in [3.05, 3.63) is 59.7 Å². The van der Waals surface area contributed by atoms with E-state index in [1.807, 2.05) is 24.3 Å².